The van der Waals surface area contributed by atoms with E-state index in [2.05, 4.69) is 6.58 Å². The summed E-state index contributed by atoms with van der Waals surface area (Å²) in [5.41, 5.74) is 0.686. The molecule has 10 nitrogen and oxygen atoms in total. The molecule has 0 unspecified atom stereocenters. The molecule has 5 atom stereocenters. The van der Waals surface area contributed by atoms with E-state index in [0.29, 0.717) is 38.8 Å². The number of likely N-dealkylation sites (N-methyl/N-ethyl adjacent to an activating group) is 1. The van der Waals surface area contributed by atoms with Crippen LogP contribution in [-0.2, 0) is 14.3 Å². The molecule has 1 aliphatic heterocycles. The van der Waals surface area contributed by atoms with Crippen LogP contribution in [0.2, 0.25) is 0 Å². The van der Waals surface area contributed by atoms with E-state index in [4.69, 9.17) is 23.4 Å². The number of aliphatic hydroxyl groups is 1. The van der Waals surface area contributed by atoms with E-state index in [1.165, 1.54) is 27.2 Å². The van der Waals surface area contributed by atoms with Crippen molar-refractivity contribution in [2.24, 2.45) is 0 Å². The number of aromatic hydroxyl groups is 1. The van der Waals surface area contributed by atoms with Gasteiger partial charge in [-0.05, 0) is 56.4 Å². The predicted molar refractivity (Wildman–Crippen MR) is 155 cm³/mol. The van der Waals surface area contributed by atoms with Gasteiger partial charge in [0.1, 0.15) is 41.1 Å². The number of carbonyl (C=O) groups excluding carboxylic acids is 1. The molecule has 0 radical (unpaired) electrons. The van der Waals surface area contributed by atoms with Crippen molar-refractivity contribution in [2.45, 2.75) is 44.3 Å². The first-order valence-electron chi connectivity index (χ1n) is 13.1. The summed E-state index contributed by atoms with van der Waals surface area (Å²) < 4.78 is 29.2. The van der Waals surface area contributed by atoms with Gasteiger partial charge in [-0.15, -0.1) is 0 Å². The zero-order valence-corrected chi connectivity index (χ0v) is 23.8. The second-order valence-corrected chi connectivity index (χ2v) is 10.4. The first-order valence-corrected chi connectivity index (χ1v) is 13.1. The van der Waals surface area contributed by atoms with Crippen molar-refractivity contribution in [1.82, 2.24) is 4.90 Å². The van der Waals surface area contributed by atoms with Crippen LogP contribution in [0.4, 0.5) is 0 Å². The summed E-state index contributed by atoms with van der Waals surface area (Å²) in [6.45, 7) is 6.87. The molecule has 1 saturated heterocycles. The van der Waals surface area contributed by atoms with Crippen LogP contribution in [0.25, 0.3) is 38.6 Å². The van der Waals surface area contributed by atoms with Crippen LogP contribution in [0.15, 0.2) is 46.1 Å². The second-order valence-electron chi connectivity index (χ2n) is 10.4. The summed E-state index contributed by atoms with van der Waals surface area (Å²) in [5.74, 6) is 0.144. The van der Waals surface area contributed by atoms with Gasteiger partial charge in [0.15, 0.2) is 0 Å². The monoisotopic (exact) mass is 563 g/mol. The maximum absolute atomic E-state index is 13.4. The van der Waals surface area contributed by atoms with Gasteiger partial charge in [-0.1, -0.05) is 18.7 Å². The third-order valence-corrected chi connectivity index (χ3v) is 7.72. The van der Waals surface area contributed by atoms with E-state index in [9.17, 15) is 19.8 Å². The Hall–Kier alpha value is -4.12. The number of rotatable bonds is 6. The number of phenols is 1. The van der Waals surface area contributed by atoms with Crippen LogP contribution in [0, 0.1) is 0 Å². The molecular weight excluding hydrogens is 530 g/mol. The lowest BCUT2D eigenvalue weighted by Crippen LogP contribution is -2.60. The summed E-state index contributed by atoms with van der Waals surface area (Å²) in [7, 11) is 6.54. The Kier molecular flexibility index (Phi) is 7.41. The van der Waals surface area contributed by atoms with Crippen LogP contribution >= 0.6 is 0 Å². The van der Waals surface area contributed by atoms with E-state index in [0.717, 1.165) is 0 Å². The molecule has 0 spiro atoms. The standard InChI is InChI=1S/C31H33NO9/c1-8-16-11-19-23(21(12-16)37-6)18-13-22(38-7)25-20(34)10-9-17(24(25)29(18)41-31(19)36)30-27(35)26(32(4)5)28(14(2)39-30)40-15(3)33/h8-14,26-28,30,34-35H,1H2,2-7H3/t14-,26+,27+,28-,30-/m0/s1. The topological polar surface area (TPSA) is 128 Å². The molecule has 5 rings (SSSR count). The fourth-order valence-electron chi connectivity index (χ4n) is 5.95. The molecule has 0 bridgehead atoms. The largest absolute Gasteiger partial charge is 0.507 e. The molecule has 1 fully saturated rings. The highest BCUT2D eigenvalue weighted by Gasteiger charge is 2.47. The number of aliphatic hydroxyl groups excluding tert-OH is 1. The minimum Gasteiger partial charge on any atom is -0.507 e. The van der Waals surface area contributed by atoms with E-state index in [1.807, 2.05) is 0 Å². The summed E-state index contributed by atoms with van der Waals surface area (Å²) in [5, 5.41) is 24.6. The van der Waals surface area contributed by atoms with Crippen LogP contribution in [-0.4, -0.2) is 73.8 Å². The minimum atomic E-state index is -1.17. The number of ether oxygens (including phenoxy) is 4. The third kappa shape index (κ3) is 4.57. The lowest BCUT2D eigenvalue weighted by molar-refractivity contribution is -0.212. The first kappa shape index (κ1) is 28.4. The lowest BCUT2D eigenvalue weighted by atomic mass is 9.86. The fourth-order valence-corrected chi connectivity index (χ4v) is 5.95. The number of nitrogens with zero attached hydrogens (tertiary/aromatic N) is 1. The zero-order valence-electron chi connectivity index (χ0n) is 23.8. The number of hydrogen-bond donors (Lipinski definition) is 2. The number of esters is 1. The van der Waals surface area contributed by atoms with Crippen molar-refractivity contribution < 1.29 is 38.4 Å². The molecule has 4 aromatic rings. The van der Waals surface area contributed by atoms with Gasteiger partial charge in [0.05, 0.1) is 37.1 Å². The Bertz CT molecular complexity index is 1740. The Morgan fingerprint density at radius 3 is 2.34 bits per heavy atom. The van der Waals surface area contributed by atoms with Gasteiger partial charge in [0.25, 0.3) is 0 Å². The van der Waals surface area contributed by atoms with Crippen LogP contribution in [0.3, 0.4) is 0 Å². The van der Waals surface area contributed by atoms with E-state index >= 15 is 0 Å². The van der Waals surface area contributed by atoms with Gasteiger partial charge in [-0.25, -0.2) is 4.79 Å². The average molecular weight is 564 g/mol. The Balaban J connectivity index is 1.88. The van der Waals surface area contributed by atoms with Crippen molar-refractivity contribution >= 4 is 44.6 Å². The first-order chi connectivity index (χ1) is 19.5. The van der Waals surface area contributed by atoms with Crippen LogP contribution in [0.1, 0.15) is 31.1 Å². The SMILES string of the molecule is C=Cc1cc(OC)c2c(c1)c(=O)oc1c2cc(OC)c2c(O)ccc([C@@H]3O[C@@H](C)[C@H](OC(C)=O)[C@H](N(C)C)[C@H]3O)c21. The van der Waals surface area contributed by atoms with Gasteiger partial charge in [0.2, 0.25) is 0 Å². The summed E-state index contributed by atoms with van der Waals surface area (Å²) in [6.07, 6.45) is -1.86. The van der Waals surface area contributed by atoms with E-state index < -0.39 is 42.1 Å². The molecule has 0 amide bonds. The zero-order chi connectivity index (χ0) is 29.7. The summed E-state index contributed by atoms with van der Waals surface area (Å²) in [6, 6.07) is 7.59. The fraction of sp³-hybridized carbons (Fsp3) is 0.355. The highest BCUT2D eigenvalue weighted by molar-refractivity contribution is 6.19. The van der Waals surface area contributed by atoms with E-state index in [-0.39, 0.29) is 22.1 Å². The molecule has 1 aliphatic rings. The number of benzene rings is 3. The molecule has 216 valence electrons. The molecule has 1 aromatic heterocycles. The third-order valence-electron chi connectivity index (χ3n) is 7.72. The molecule has 2 heterocycles. The molecule has 0 saturated carbocycles. The number of phenolic OH excluding ortho intramolecular Hbond substituents is 1. The molecule has 41 heavy (non-hydrogen) atoms. The van der Waals surface area contributed by atoms with Gasteiger partial charge >= 0.3 is 11.6 Å². The second kappa shape index (κ2) is 10.7. The molecule has 10 heteroatoms. The Morgan fingerprint density at radius 1 is 1.05 bits per heavy atom. The number of fused-ring (bicyclic) bond motifs is 5. The number of methoxy groups -OCH3 is 2. The van der Waals surface area contributed by atoms with Crippen molar-refractivity contribution in [3.63, 3.8) is 0 Å². The lowest BCUT2D eigenvalue weighted by Gasteiger charge is -2.46. The molecular formula is C31H33NO9. The minimum absolute atomic E-state index is 0.112. The van der Waals surface area contributed by atoms with Gasteiger partial charge in [0, 0.05) is 23.1 Å². The maximum Gasteiger partial charge on any atom is 0.344 e. The average Bonchev–Trinajstić information content (AvgIpc) is 2.94. The normalized spacial score (nSPS) is 22.8. The van der Waals surface area contributed by atoms with Gasteiger partial charge in [-0.2, -0.15) is 0 Å². The van der Waals surface area contributed by atoms with Crippen molar-refractivity contribution in [2.75, 3.05) is 28.3 Å². The van der Waals surface area contributed by atoms with Gasteiger partial charge in [-0.3, -0.25) is 4.79 Å². The molecule has 0 aliphatic carbocycles. The molecule has 2 N–H and O–H groups in total. The van der Waals surface area contributed by atoms with Crippen LogP contribution < -0.4 is 15.1 Å². The summed E-state index contributed by atoms with van der Waals surface area (Å²) >= 11 is 0. The highest BCUT2D eigenvalue weighted by atomic mass is 16.6. The quantitative estimate of drug-likeness (QED) is 0.201. The smallest absolute Gasteiger partial charge is 0.344 e. The number of carbonyl (C=O) groups is 1. The van der Waals surface area contributed by atoms with Crippen LogP contribution in [0.5, 0.6) is 17.2 Å². The number of hydrogen-bond acceptors (Lipinski definition) is 10. The highest BCUT2D eigenvalue weighted by Crippen LogP contribution is 2.47. The van der Waals surface area contributed by atoms with Crippen molar-refractivity contribution in [3.8, 4) is 17.2 Å². The summed E-state index contributed by atoms with van der Waals surface area (Å²) in [4.78, 5) is 27.1. The van der Waals surface area contributed by atoms with Crippen molar-refractivity contribution in [1.29, 1.82) is 0 Å². The van der Waals surface area contributed by atoms with E-state index in [1.54, 1.807) is 56.3 Å². The van der Waals surface area contributed by atoms with Crippen molar-refractivity contribution in [3.05, 3.63) is 58.5 Å². The van der Waals surface area contributed by atoms with Gasteiger partial charge < -0.3 is 38.5 Å². The Morgan fingerprint density at radius 2 is 1.73 bits per heavy atom. The molecule has 3 aromatic carbocycles. The predicted octanol–water partition coefficient (Wildman–Crippen LogP) is 4.15. The maximum atomic E-state index is 13.4. The Labute approximate surface area is 236 Å².